The maximum Gasteiger partial charge on any atom is 0.186 e. The van der Waals surface area contributed by atoms with Gasteiger partial charge >= 0.3 is 0 Å². The van der Waals surface area contributed by atoms with Crippen LogP contribution in [0, 0.1) is 12.3 Å². The summed E-state index contributed by atoms with van der Waals surface area (Å²) in [5, 5.41) is 2.27. The molecule has 1 heterocycles. The van der Waals surface area contributed by atoms with E-state index in [0.717, 1.165) is 0 Å². The Bertz CT molecular complexity index is 308. The van der Waals surface area contributed by atoms with Gasteiger partial charge < -0.3 is 0 Å². The predicted molar refractivity (Wildman–Crippen MR) is 47.1 cm³/mol. The molecule has 0 aliphatic heterocycles. The van der Waals surface area contributed by atoms with Crippen molar-refractivity contribution in [2.24, 2.45) is 0 Å². The lowest BCUT2D eigenvalue weighted by molar-refractivity contribution is 0.100. The molecule has 1 nitrogen and oxygen atoms in total. The molecule has 0 fully saturated rings. The lowest BCUT2D eigenvalue weighted by Crippen LogP contribution is -1.93. The Morgan fingerprint density at radius 1 is 1.82 bits per heavy atom. The number of hydrogen-bond acceptors (Lipinski definition) is 2. The van der Waals surface area contributed by atoms with Gasteiger partial charge in [-0.05, 0) is 11.4 Å². The third-order valence-electron chi connectivity index (χ3n) is 1.13. The fourth-order valence-electron chi connectivity index (χ4n) is 0.666. The number of carbonyl (C=O) groups is 1. The van der Waals surface area contributed by atoms with Crippen LogP contribution < -0.4 is 0 Å². The summed E-state index contributed by atoms with van der Waals surface area (Å²) in [6.45, 7) is 0. The molecule has 0 aliphatic carbocycles. The molecule has 0 saturated heterocycles. The zero-order valence-corrected chi connectivity index (χ0v) is 7.21. The van der Waals surface area contributed by atoms with Crippen molar-refractivity contribution in [3.63, 3.8) is 0 Å². The van der Waals surface area contributed by atoms with Crippen LogP contribution in [0.5, 0.6) is 0 Å². The van der Waals surface area contributed by atoms with Crippen LogP contribution in [0.4, 0.5) is 0 Å². The lowest BCUT2D eigenvalue weighted by Gasteiger charge is -1.90. The summed E-state index contributed by atoms with van der Waals surface area (Å²) >= 11 is 7.01. The molecule has 56 valence electrons. The van der Waals surface area contributed by atoms with Gasteiger partial charge in [0, 0.05) is 0 Å². The summed E-state index contributed by atoms with van der Waals surface area (Å²) in [5.74, 6) is 2.21. The highest BCUT2D eigenvalue weighted by Crippen LogP contribution is 2.22. The Morgan fingerprint density at radius 3 is 3.00 bits per heavy atom. The van der Waals surface area contributed by atoms with Crippen molar-refractivity contribution in [3.8, 4) is 12.3 Å². The van der Waals surface area contributed by atoms with Crippen molar-refractivity contribution in [2.45, 2.75) is 6.42 Å². The molecule has 0 spiro atoms. The smallest absolute Gasteiger partial charge is 0.186 e. The van der Waals surface area contributed by atoms with E-state index in [0.29, 0.717) is 9.90 Å². The van der Waals surface area contributed by atoms with Gasteiger partial charge in [0.1, 0.15) is 0 Å². The van der Waals surface area contributed by atoms with Crippen LogP contribution >= 0.6 is 22.9 Å². The topological polar surface area (TPSA) is 17.1 Å². The number of carbonyl (C=O) groups excluding carboxylic acids is 1. The van der Waals surface area contributed by atoms with Crippen LogP contribution in [0.25, 0.3) is 0 Å². The molecular formula is C8H5ClOS. The Morgan fingerprint density at radius 2 is 2.55 bits per heavy atom. The largest absolute Gasteiger partial charge is 0.292 e. The molecule has 0 radical (unpaired) electrons. The van der Waals surface area contributed by atoms with E-state index in [4.69, 9.17) is 18.0 Å². The zero-order valence-electron chi connectivity index (χ0n) is 5.63. The first-order valence-electron chi connectivity index (χ1n) is 2.95. The fourth-order valence-corrected chi connectivity index (χ4v) is 1.77. The number of hydrogen-bond donors (Lipinski definition) is 0. The number of rotatable bonds is 2. The van der Waals surface area contributed by atoms with Gasteiger partial charge in [-0.3, -0.25) is 4.79 Å². The van der Waals surface area contributed by atoms with E-state index in [9.17, 15) is 4.79 Å². The van der Waals surface area contributed by atoms with Crippen LogP contribution in [-0.2, 0) is 0 Å². The number of thiophene rings is 1. The van der Waals surface area contributed by atoms with Crippen molar-refractivity contribution in [1.82, 2.24) is 0 Å². The highest BCUT2D eigenvalue weighted by atomic mass is 35.5. The third-order valence-corrected chi connectivity index (χ3v) is 2.52. The molecule has 1 rings (SSSR count). The number of Topliss-reactive ketones (excluding diaryl/α,β-unsaturated/α-hetero) is 1. The molecule has 1 aromatic rings. The Balaban J connectivity index is 2.86. The molecule has 0 N–H and O–H groups in total. The third kappa shape index (κ3) is 1.83. The zero-order chi connectivity index (χ0) is 8.27. The van der Waals surface area contributed by atoms with Crippen LogP contribution in [0.15, 0.2) is 11.4 Å². The molecule has 0 aliphatic rings. The summed E-state index contributed by atoms with van der Waals surface area (Å²) in [5.41, 5.74) is 0. The second kappa shape index (κ2) is 3.56. The molecule has 3 heteroatoms. The van der Waals surface area contributed by atoms with E-state index in [2.05, 4.69) is 5.92 Å². The van der Waals surface area contributed by atoms with Gasteiger partial charge in [0.15, 0.2) is 5.78 Å². The summed E-state index contributed by atoms with van der Waals surface area (Å²) < 4.78 is 0. The van der Waals surface area contributed by atoms with E-state index < -0.39 is 0 Å². The highest BCUT2D eigenvalue weighted by Gasteiger charge is 2.09. The summed E-state index contributed by atoms with van der Waals surface area (Å²) in [6, 6.07) is 1.69. The minimum atomic E-state index is -0.0764. The second-order valence-electron chi connectivity index (χ2n) is 1.90. The van der Waals surface area contributed by atoms with Crippen molar-refractivity contribution >= 4 is 28.7 Å². The van der Waals surface area contributed by atoms with E-state index in [1.165, 1.54) is 11.3 Å². The van der Waals surface area contributed by atoms with Crippen molar-refractivity contribution in [3.05, 3.63) is 21.3 Å². The van der Waals surface area contributed by atoms with Crippen LogP contribution in [0.3, 0.4) is 0 Å². The van der Waals surface area contributed by atoms with Gasteiger partial charge in [-0.25, -0.2) is 0 Å². The average Bonchev–Trinajstić information content (AvgIpc) is 2.36. The maximum absolute atomic E-state index is 11.1. The Hall–Kier alpha value is -0.780. The highest BCUT2D eigenvalue weighted by molar-refractivity contribution is 7.12. The first-order valence-corrected chi connectivity index (χ1v) is 4.21. The van der Waals surface area contributed by atoms with Gasteiger partial charge in [0.05, 0.1) is 16.3 Å². The molecular weight excluding hydrogens is 180 g/mol. The molecule has 0 saturated carbocycles. The van der Waals surface area contributed by atoms with Crippen LogP contribution in [-0.4, -0.2) is 5.78 Å². The van der Waals surface area contributed by atoms with Gasteiger partial charge in [-0.1, -0.05) is 17.5 Å². The van der Waals surface area contributed by atoms with Gasteiger partial charge in [-0.2, -0.15) is 0 Å². The fraction of sp³-hybridized carbons (Fsp3) is 0.125. The van der Waals surface area contributed by atoms with E-state index in [-0.39, 0.29) is 12.2 Å². The summed E-state index contributed by atoms with van der Waals surface area (Å²) in [4.78, 5) is 11.7. The molecule has 0 amide bonds. The standard InChI is InChI=1S/C8H5ClOS/c1-2-3-7(10)8-6(9)4-5-11-8/h1,4-5H,3H2. The summed E-state index contributed by atoms with van der Waals surface area (Å²) in [7, 11) is 0. The summed E-state index contributed by atoms with van der Waals surface area (Å²) in [6.07, 6.45) is 5.10. The van der Waals surface area contributed by atoms with Crippen LogP contribution in [0.2, 0.25) is 5.02 Å². The first kappa shape index (κ1) is 8.32. The van der Waals surface area contributed by atoms with Gasteiger partial charge in [-0.15, -0.1) is 17.8 Å². The van der Waals surface area contributed by atoms with Crippen LogP contribution in [0.1, 0.15) is 16.1 Å². The van der Waals surface area contributed by atoms with Gasteiger partial charge in [0.25, 0.3) is 0 Å². The lowest BCUT2D eigenvalue weighted by atomic mass is 10.2. The quantitative estimate of drug-likeness (QED) is 0.510. The van der Waals surface area contributed by atoms with Crippen molar-refractivity contribution in [1.29, 1.82) is 0 Å². The second-order valence-corrected chi connectivity index (χ2v) is 3.23. The SMILES string of the molecule is C#CCC(=O)c1sccc1Cl. The average molecular weight is 185 g/mol. The Kier molecular flexibility index (Phi) is 2.70. The predicted octanol–water partition coefficient (Wildman–Crippen LogP) is 2.61. The van der Waals surface area contributed by atoms with E-state index >= 15 is 0 Å². The van der Waals surface area contributed by atoms with Crippen molar-refractivity contribution in [2.75, 3.05) is 0 Å². The van der Waals surface area contributed by atoms with Gasteiger partial charge in [0.2, 0.25) is 0 Å². The molecule has 0 unspecified atom stereocenters. The number of ketones is 1. The molecule has 0 aromatic carbocycles. The molecule has 0 bridgehead atoms. The minimum absolute atomic E-state index is 0.0764. The monoisotopic (exact) mass is 184 g/mol. The van der Waals surface area contributed by atoms with Crippen molar-refractivity contribution < 1.29 is 4.79 Å². The Labute approximate surface area is 74.0 Å². The number of halogens is 1. The van der Waals surface area contributed by atoms with E-state index in [1.807, 2.05) is 0 Å². The normalized spacial score (nSPS) is 9.09. The first-order chi connectivity index (χ1) is 5.25. The number of terminal acetylenes is 1. The molecule has 11 heavy (non-hydrogen) atoms. The maximum atomic E-state index is 11.1. The minimum Gasteiger partial charge on any atom is -0.292 e. The van der Waals surface area contributed by atoms with E-state index in [1.54, 1.807) is 11.4 Å². The molecule has 0 atom stereocenters. The molecule has 1 aromatic heterocycles.